The van der Waals surface area contributed by atoms with Crippen molar-refractivity contribution < 1.29 is 15.3 Å². The fourth-order valence-electron chi connectivity index (χ4n) is 0.577. The average Bonchev–Trinajstić information content (AvgIpc) is 1.80. The Balaban J connectivity index is 3.52. The Bertz CT molecular complexity index is 89.5. The Kier molecular flexibility index (Phi) is 4.75. The number of unbranched alkanes of at least 4 members (excludes halogenated alkanes) is 1. The standard InChI is InChI=1S/C6H13IO3/c1-2-3-4-5(7)6(8,9)10/h5,8-10H,2-4H2,1H3. The van der Waals surface area contributed by atoms with Crippen LogP contribution in [0.15, 0.2) is 0 Å². The minimum absolute atomic E-state index is 0.495. The fourth-order valence-corrected chi connectivity index (χ4v) is 1.02. The van der Waals surface area contributed by atoms with Gasteiger partial charge in [0.05, 0.1) is 3.92 Å². The highest BCUT2D eigenvalue weighted by Gasteiger charge is 2.28. The molecule has 0 fully saturated rings. The lowest BCUT2D eigenvalue weighted by molar-refractivity contribution is -0.307. The third-order valence-corrected chi connectivity index (χ3v) is 2.69. The normalized spacial score (nSPS) is 15.3. The van der Waals surface area contributed by atoms with Crippen molar-refractivity contribution >= 4 is 22.6 Å². The van der Waals surface area contributed by atoms with E-state index < -0.39 is 9.90 Å². The minimum atomic E-state index is -2.50. The third kappa shape index (κ3) is 4.43. The summed E-state index contributed by atoms with van der Waals surface area (Å²) < 4.78 is -0.495. The summed E-state index contributed by atoms with van der Waals surface area (Å²) in [7, 11) is 0. The Morgan fingerprint density at radius 3 is 2.20 bits per heavy atom. The van der Waals surface area contributed by atoms with Crippen molar-refractivity contribution in [1.29, 1.82) is 0 Å². The molecule has 0 amide bonds. The quantitative estimate of drug-likeness (QED) is 0.394. The van der Waals surface area contributed by atoms with E-state index in [2.05, 4.69) is 0 Å². The predicted molar refractivity (Wildman–Crippen MR) is 46.7 cm³/mol. The van der Waals surface area contributed by atoms with Gasteiger partial charge in [0, 0.05) is 0 Å². The fraction of sp³-hybridized carbons (Fsp3) is 1.00. The molecule has 0 aromatic carbocycles. The van der Waals surface area contributed by atoms with E-state index in [1.165, 1.54) is 0 Å². The summed E-state index contributed by atoms with van der Waals surface area (Å²) in [5.74, 6) is -2.50. The van der Waals surface area contributed by atoms with Crippen LogP contribution in [0.4, 0.5) is 0 Å². The lowest BCUT2D eigenvalue weighted by Gasteiger charge is -2.19. The van der Waals surface area contributed by atoms with Crippen LogP contribution in [0.5, 0.6) is 0 Å². The van der Waals surface area contributed by atoms with Crippen molar-refractivity contribution in [3.05, 3.63) is 0 Å². The molecule has 0 spiro atoms. The van der Waals surface area contributed by atoms with Gasteiger partial charge in [0.25, 0.3) is 5.97 Å². The van der Waals surface area contributed by atoms with Gasteiger partial charge in [-0.25, -0.2) is 0 Å². The smallest absolute Gasteiger partial charge is 0.287 e. The highest BCUT2D eigenvalue weighted by molar-refractivity contribution is 14.1. The van der Waals surface area contributed by atoms with Gasteiger partial charge in [0.1, 0.15) is 0 Å². The Labute approximate surface area is 74.2 Å². The molecule has 3 nitrogen and oxygen atoms in total. The molecule has 0 aromatic heterocycles. The number of rotatable bonds is 4. The zero-order chi connectivity index (χ0) is 8.20. The van der Waals surface area contributed by atoms with Gasteiger partial charge in [0.15, 0.2) is 0 Å². The van der Waals surface area contributed by atoms with Gasteiger partial charge in [-0.2, -0.15) is 0 Å². The highest BCUT2D eigenvalue weighted by Crippen LogP contribution is 2.19. The van der Waals surface area contributed by atoms with Crippen LogP contribution in [-0.4, -0.2) is 25.2 Å². The number of hydrogen-bond donors (Lipinski definition) is 3. The van der Waals surface area contributed by atoms with E-state index in [1.54, 1.807) is 0 Å². The lowest BCUT2D eigenvalue weighted by atomic mass is 10.2. The second-order valence-electron chi connectivity index (χ2n) is 2.30. The summed E-state index contributed by atoms with van der Waals surface area (Å²) in [6, 6.07) is 0. The van der Waals surface area contributed by atoms with Crippen LogP contribution in [0, 0.1) is 0 Å². The Morgan fingerprint density at radius 2 is 1.90 bits per heavy atom. The van der Waals surface area contributed by atoms with Crippen LogP contribution < -0.4 is 0 Å². The first-order valence-corrected chi connectivity index (χ1v) is 4.54. The van der Waals surface area contributed by atoms with Crippen LogP contribution in [0.25, 0.3) is 0 Å². The van der Waals surface area contributed by atoms with Crippen molar-refractivity contribution in [2.45, 2.75) is 36.1 Å². The van der Waals surface area contributed by atoms with E-state index in [0.717, 1.165) is 12.8 Å². The second kappa shape index (κ2) is 4.48. The predicted octanol–water partition coefficient (Wildman–Crippen LogP) is 0.611. The molecule has 1 unspecified atom stereocenters. The molecule has 3 N–H and O–H groups in total. The van der Waals surface area contributed by atoms with E-state index in [9.17, 15) is 0 Å². The minimum Gasteiger partial charge on any atom is -0.343 e. The number of halogens is 1. The SMILES string of the molecule is CCCCC(I)C(O)(O)O. The summed E-state index contributed by atoms with van der Waals surface area (Å²) >= 11 is 1.82. The first-order valence-electron chi connectivity index (χ1n) is 3.29. The van der Waals surface area contributed by atoms with Crippen molar-refractivity contribution in [3.8, 4) is 0 Å². The van der Waals surface area contributed by atoms with E-state index in [4.69, 9.17) is 15.3 Å². The Morgan fingerprint density at radius 1 is 1.40 bits per heavy atom. The van der Waals surface area contributed by atoms with E-state index in [0.29, 0.717) is 6.42 Å². The van der Waals surface area contributed by atoms with Gasteiger partial charge in [-0.3, -0.25) is 0 Å². The molecule has 0 saturated carbocycles. The van der Waals surface area contributed by atoms with Gasteiger partial charge < -0.3 is 15.3 Å². The van der Waals surface area contributed by atoms with Crippen LogP contribution in [0.1, 0.15) is 26.2 Å². The molecule has 0 heterocycles. The molecule has 0 radical (unpaired) electrons. The molecule has 0 aliphatic rings. The third-order valence-electron chi connectivity index (χ3n) is 1.23. The topological polar surface area (TPSA) is 60.7 Å². The summed E-state index contributed by atoms with van der Waals surface area (Å²) in [5, 5.41) is 25.8. The maximum Gasteiger partial charge on any atom is 0.287 e. The van der Waals surface area contributed by atoms with Crippen molar-refractivity contribution in [3.63, 3.8) is 0 Å². The van der Waals surface area contributed by atoms with Gasteiger partial charge >= 0.3 is 0 Å². The van der Waals surface area contributed by atoms with Gasteiger partial charge in [-0.1, -0.05) is 42.4 Å². The molecule has 0 aliphatic carbocycles. The highest BCUT2D eigenvalue weighted by atomic mass is 127. The van der Waals surface area contributed by atoms with E-state index >= 15 is 0 Å². The largest absolute Gasteiger partial charge is 0.343 e. The van der Waals surface area contributed by atoms with Crippen molar-refractivity contribution in [2.24, 2.45) is 0 Å². The maximum atomic E-state index is 8.62. The van der Waals surface area contributed by atoms with Gasteiger partial charge in [-0.15, -0.1) is 0 Å². The van der Waals surface area contributed by atoms with Crippen molar-refractivity contribution in [1.82, 2.24) is 0 Å². The van der Waals surface area contributed by atoms with Crippen LogP contribution >= 0.6 is 22.6 Å². The monoisotopic (exact) mass is 260 g/mol. The van der Waals surface area contributed by atoms with Crippen molar-refractivity contribution in [2.75, 3.05) is 0 Å². The first kappa shape index (κ1) is 10.6. The molecule has 0 aromatic rings. The number of aliphatic hydroxyl groups is 3. The Hall–Kier alpha value is 0.610. The average molecular weight is 260 g/mol. The molecule has 0 aliphatic heterocycles. The summed E-state index contributed by atoms with van der Waals surface area (Å²) in [6.45, 7) is 2.01. The molecular formula is C6H13IO3. The molecule has 4 heteroatoms. The number of alkyl halides is 1. The zero-order valence-electron chi connectivity index (χ0n) is 5.92. The van der Waals surface area contributed by atoms with Crippen LogP contribution in [0.3, 0.4) is 0 Å². The molecule has 1 atom stereocenters. The van der Waals surface area contributed by atoms with Crippen LogP contribution in [0.2, 0.25) is 0 Å². The molecule has 62 valence electrons. The molecule has 0 saturated heterocycles. The molecule has 0 bridgehead atoms. The van der Waals surface area contributed by atoms with Gasteiger partial charge in [-0.05, 0) is 6.42 Å². The van der Waals surface area contributed by atoms with E-state index in [1.807, 2.05) is 29.5 Å². The summed E-state index contributed by atoms with van der Waals surface area (Å²) in [4.78, 5) is 0. The summed E-state index contributed by atoms with van der Waals surface area (Å²) in [5.41, 5.74) is 0. The maximum absolute atomic E-state index is 8.62. The van der Waals surface area contributed by atoms with Crippen LogP contribution in [-0.2, 0) is 0 Å². The second-order valence-corrected chi connectivity index (χ2v) is 3.80. The molecule has 0 rings (SSSR count). The van der Waals surface area contributed by atoms with E-state index in [-0.39, 0.29) is 0 Å². The lowest BCUT2D eigenvalue weighted by Crippen LogP contribution is -2.37. The van der Waals surface area contributed by atoms with Gasteiger partial charge in [0.2, 0.25) is 0 Å². The number of hydrogen-bond acceptors (Lipinski definition) is 3. The first-order chi connectivity index (χ1) is 4.48. The molecule has 10 heavy (non-hydrogen) atoms. The summed E-state index contributed by atoms with van der Waals surface area (Å²) in [6.07, 6.45) is 2.52. The molecular weight excluding hydrogens is 247 g/mol. The zero-order valence-corrected chi connectivity index (χ0v) is 8.08.